The first-order valence-electron chi connectivity index (χ1n) is 10.8. The molecule has 0 aliphatic carbocycles. The van der Waals surface area contributed by atoms with Gasteiger partial charge in [0.05, 0.1) is 27.5 Å². The summed E-state index contributed by atoms with van der Waals surface area (Å²) in [5.41, 5.74) is 3.36. The Bertz CT molecular complexity index is 1260. The molecule has 2 amide bonds. The number of carbonyl (C=O) groups excluding carboxylic acids is 2. The Hall–Kier alpha value is -2.07. The molecule has 7 nitrogen and oxygen atoms in total. The number of carbonyl (C=O) groups is 2. The fraction of sp³-hybridized carbons (Fsp3) is 0.333. The lowest BCUT2D eigenvalue weighted by Gasteiger charge is -2.22. The second-order valence-corrected chi connectivity index (χ2v) is 11.1. The van der Waals surface area contributed by atoms with E-state index in [1.165, 1.54) is 17.8 Å². The summed E-state index contributed by atoms with van der Waals surface area (Å²) in [6, 6.07) is 8.25. The third kappa shape index (κ3) is 6.78. The molecular formula is C24H26BrCl2N5O2S. The van der Waals surface area contributed by atoms with Gasteiger partial charge in [0, 0.05) is 17.1 Å². The number of benzene rings is 2. The van der Waals surface area contributed by atoms with E-state index in [-0.39, 0.29) is 23.5 Å². The van der Waals surface area contributed by atoms with Crippen molar-refractivity contribution in [3.8, 4) is 0 Å². The highest BCUT2D eigenvalue weighted by Crippen LogP contribution is 2.28. The van der Waals surface area contributed by atoms with Crippen LogP contribution in [0, 0.1) is 19.8 Å². The van der Waals surface area contributed by atoms with Crippen molar-refractivity contribution >= 4 is 68.4 Å². The van der Waals surface area contributed by atoms with Gasteiger partial charge < -0.3 is 15.2 Å². The lowest BCUT2D eigenvalue weighted by atomic mass is 10.0. The van der Waals surface area contributed by atoms with Crippen LogP contribution in [0.3, 0.4) is 0 Å². The van der Waals surface area contributed by atoms with Crippen molar-refractivity contribution in [2.75, 3.05) is 11.1 Å². The number of aryl methyl sites for hydroxylation is 2. The average molecular weight is 599 g/mol. The van der Waals surface area contributed by atoms with Crippen LogP contribution in [0.4, 0.5) is 5.69 Å². The Morgan fingerprint density at radius 3 is 2.43 bits per heavy atom. The van der Waals surface area contributed by atoms with E-state index in [1.54, 1.807) is 16.7 Å². The van der Waals surface area contributed by atoms with Crippen LogP contribution < -0.4 is 10.6 Å². The van der Waals surface area contributed by atoms with E-state index in [0.29, 0.717) is 26.6 Å². The molecule has 0 aliphatic rings. The molecular weight excluding hydrogens is 573 g/mol. The zero-order valence-corrected chi connectivity index (χ0v) is 23.9. The summed E-state index contributed by atoms with van der Waals surface area (Å²) in [6.07, 6.45) is 0. The highest BCUT2D eigenvalue weighted by atomic mass is 79.9. The van der Waals surface area contributed by atoms with E-state index in [2.05, 4.69) is 36.8 Å². The minimum Gasteiger partial charge on any atom is -0.342 e. The molecule has 3 aromatic rings. The molecule has 2 N–H and O–H groups in total. The van der Waals surface area contributed by atoms with Gasteiger partial charge in [0.1, 0.15) is 0 Å². The molecule has 0 bridgehead atoms. The summed E-state index contributed by atoms with van der Waals surface area (Å²) >= 11 is 16.8. The van der Waals surface area contributed by atoms with Crippen LogP contribution in [0.1, 0.15) is 47.2 Å². The number of aromatic nitrogens is 3. The highest BCUT2D eigenvalue weighted by molar-refractivity contribution is 9.10. The number of rotatable bonds is 8. The van der Waals surface area contributed by atoms with Gasteiger partial charge in [0.2, 0.25) is 5.91 Å². The molecule has 0 spiro atoms. The van der Waals surface area contributed by atoms with Gasteiger partial charge >= 0.3 is 0 Å². The van der Waals surface area contributed by atoms with Crippen LogP contribution in [-0.4, -0.2) is 32.3 Å². The Kier molecular flexibility index (Phi) is 9.26. The smallest absolute Gasteiger partial charge is 0.251 e. The summed E-state index contributed by atoms with van der Waals surface area (Å²) in [5, 5.41) is 15.7. The number of thioether (sulfide) groups is 1. The molecule has 186 valence electrons. The normalized spacial score (nSPS) is 12.0. The van der Waals surface area contributed by atoms with E-state index >= 15 is 0 Å². The molecule has 11 heteroatoms. The molecule has 0 unspecified atom stereocenters. The molecule has 2 aromatic carbocycles. The number of anilines is 1. The monoisotopic (exact) mass is 597 g/mol. The van der Waals surface area contributed by atoms with E-state index in [1.807, 2.05) is 46.9 Å². The molecule has 35 heavy (non-hydrogen) atoms. The van der Waals surface area contributed by atoms with Gasteiger partial charge in [-0.2, -0.15) is 0 Å². The van der Waals surface area contributed by atoms with Crippen molar-refractivity contribution in [2.24, 2.45) is 13.0 Å². The van der Waals surface area contributed by atoms with E-state index in [4.69, 9.17) is 23.2 Å². The van der Waals surface area contributed by atoms with Crippen LogP contribution >= 0.6 is 50.9 Å². The molecule has 0 radical (unpaired) electrons. The van der Waals surface area contributed by atoms with Crippen molar-refractivity contribution in [1.29, 1.82) is 0 Å². The first-order valence-corrected chi connectivity index (χ1v) is 13.4. The third-order valence-electron chi connectivity index (χ3n) is 5.47. The first-order chi connectivity index (χ1) is 16.5. The fourth-order valence-electron chi connectivity index (χ4n) is 3.31. The van der Waals surface area contributed by atoms with Gasteiger partial charge in [-0.1, -0.05) is 48.8 Å². The van der Waals surface area contributed by atoms with Crippen molar-refractivity contribution < 1.29 is 9.59 Å². The minimum atomic E-state index is -0.399. The standard InChI is InChI=1S/C24H26BrCl2N5O2S/c1-12(2)21(29-23(34)15-6-7-17(26)18(27)10-15)22-30-31-24(32(22)5)35-11-20(33)28-19-9-14(4)13(3)8-16(19)25/h6-10,12,21H,11H2,1-5H3,(H,28,33)(H,29,34)/t21-/m1/s1. The van der Waals surface area contributed by atoms with E-state index < -0.39 is 6.04 Å². The van der Waals surface area contributed by atoms with Crippen LogP contribution in [0.5, 0.6) is 0 Å². The first kappa shape index (κ1) is 27.5. The van der Waals surface area contributed by atoms with Gasteiger partial charge in [-0.15, -0.1) is 10.2 Å². The summed E-state index contributed by atoms with van der Waals surface area (Å²) in [7, 11) is 1.82. The number of hydrogen-bond donors (Lipinski definition) is 2. The van der Waals surface area contributed by atoms with Crippen LogP contribution in [0.2, 0.25) is 10.0 Å². The van der Waals surface area contributed by atoms with Gasteiger partial charge in [-0.3, -0.25) is 9.59 Å². The topological polar surface area (TPSA) is 88.9 Å². The van der Waals surface area contributed by atoms with Crippen molar-refractivity contribution in [1.82, 2.24) is 20.1 Å². The lowest BCUT2D eigenvalue weighted by Crippen LogP contribution is -2.33. The van der Waals surface area contributed by atoms with Gasteiger partial charge in [0.15, 0.2) is 11.0 Å². The predicted molar refractivity (Wildman–Crippen MR) is 145 cm³/mol. The van der Waals surface area contributed by atoms with Crippen LogP contribution in [-0.2, 0) is 11.8 Å². The highest BCUT2D eigenvalue weighted by Gasteiger charge is 2.25. The fourth-order valence-corrected chi connectivity index (χ4v) is 4.88. The third-order valence-corrected chi connectivity index (χ3v) is 7.89. The van der Waals surface area contributed by atoms with Crippen LogP contribution in [0.15, 0.2) is 40.0 Å². The Morgan fingerprint density at radius 2 is 1.77 bits per heavy atom. The molecule has 0 saturated carbocycles. The maximum atomic E-state index is 12.8. The maximum absolute atomic E-state index is 12.8. The zero-order chi connectivity index (χ0) is 25.9. The second kappa shape index (κ2) is 11.8. The molecule has 1 aromatic heterocycles. The van der Waals surface area contributed by atoms with Crippen LogP contribution in [0.25, 0.3) is 0 Å². The van der Waals surface area contributed by atoms with Gasteiger partial charge in [-0.05, 0) is 77.2 Å². The van der Waals surface area contributed by atoms with E-state index in [9.17, 15) is 9.59 Å². The summed E-state index contributed by atoms with van der Waals surface area (Å²) < 4.78 is 2.63. The zero-order valence-electron chi connectivity index (χ0n) is 19.9. The number of amides is 2. The summed E-state index contributed by atoms with van der Waals surface area (Å²) in [6.45, 7) is 7.98. The maximum Gasteiger partial charge on any atom is 0.251 e. The van der Waals surface area contributed by atoms with Crippen molar-refractivity contribution in [3.05, 3.63) is 67.4 Å². The second-order valence-electron chi connectivity index (χ2n) is 8.48. The number of halogens is 3. The molecule has 0 fully saturated rings. The number of hydrogen-bond acceptors (Lipinski definition) is 5. The lowest BCUT2D eigenvalue weighted by molar-refractivity contribution is -0.113. The predicted octanol–water partition coefficient (Wildman–Crippen LogP) is 6.36. The van der Waals surface area contributed by atoms with Crippen molar-refractivity contribution in [3.63, 3.8) is 0 Å². The number of nitrogens with zero attached hydrogens (tertiary/aromatic N) is 3. The summed E-state index contributed by atoms with van der Waals surface area (Å²) in [4.78, 5) is 25.4. The Balaban J connectivity index is 1.69. The molecule has 1 atom stereocenters. The molecule has 1 heterocycles. The average Bonchev–Trinajstić information content (AvgIpc) is 3.15. The van der Waals surface area contributed by atoms with E-state index in [0.717, 1.165) is 21.3 Å². The molecule has 0 saturated heterocycles. The van der Waals surface area contributed by atoms with Gasteiger partial charge in [0.25, 0.3) is 5.91 Å². The van der Waals surface area contributed by atoms with Gasteiger partial charge in [-0.25, -0.2) is 0 Å². The minimum absolute atomic E-state index is 0.0351. The number of nitrogens with one attached hydrogen (secondary N) is 2. The SMILES string of the molecule is Cc1cc(Br)c(NC(=O)CSc2nnc([C@H](NC(=O)c3ccc(Cl)c(Cl)c3)C(C)C)n2C)cc1C. The molecule has 3 rings (SSSR count). The Morgan fingerprint density at radius 1 is 1.09 bits per heavy atom. The largest absolute Gasteiger partial charge is 0.342 e. The quantitative estimate of drug-likeness (QED) is 0.295. The van der Waals surface area contributed by atoms with Crippen molar-refractivity contribution in [2.45, 2.75) is 38.9 Å². The Labute approximate surface area is 227 Å². The summed E-state index contributed by atoms with van der Waals surface area (Å²) in [5.74, 6) is 0.337. The molecule has 0 aliphatic heterocycles.